The summed E-state index contributed by atoms with van der Waals surface area (Å²) in [5, 5.41) is 23.0. The molecule has 4 heterocycles. The van der Waals surface area contributed by atoms with E-state index in [1.54, 1.807) is 12.3 Å². The first-order chi connectivity index (χ1) is 20.8. The molecule has 14 heteroatoms. The largest absolute Gasteiger partial charge is 0.481 e. The van der Waals surface area contributed by atoms with Crippen molar-refractivity contribution in [3.8, 4) is 17.2 Å². The second kappa shape index (κ2) is 9.65. The number of hydrogen-bond acceptors (Lipinski definition) is 9. The normalized spacial score (nSPS) is 26.4. The highest BCUT2D eigenvalue weighted by Crippen LogP contribution is 2.63. The lowest BCUT2D eigenvalue weighted by atomic mass is 9.47. The van der Waals surface area contributed by atoms with Gasteiger partial charge in [-0.25, -0.2) is 32.2 Å². The van der Waals surface area contributed by atoms with Gasteiger partial charge in [-0.1, -0.05) is 19.9 Å². The van der Waals surface area contributed by atoms with Gasteiger partial charge < -0.3 is 5.11 Å². The lowest BCUT2D eigenvalue weighted by molar-refractivity contribution is -0.138. The Labute approximate surface area is 251 Å². The minimum Gasteiger partial charge on any atom is -0.481 e. The number of benzene rings is 1. The van der Waals surface area contributed by atoms with Crippen molar-refractivity contribution in [2.75, 3.05) is 11.5 Å². The summed E-state index contributed by atoms with van der Waals surface area (Å²) in [7, 11) is -3.44. The molecular weight excluding hydrogens is 592 g/mol. The summed E-state index contributed by atoms with van der Waals surface area (Å²) in [4.78, 5) is 25.3. The van der Waals surface area contributed by atoms with E-state index in [0.717, 1.165) is 24.8 Å². The summed E-state index contributed by atoms with van der Waals surface area (Å²) < 4.78 is 55.3. The summed E-state index contributed by atoms with van der Waals surface area (Å²) in [5.74, 6) is -2.58. The molecule has 44 heavy (non-hydrogen) atoms. The van der Waals surface area contributed by atoms with Gasteiger partial charge in [0.1, 0.15) is 18.0 Å². The molecule has 3 aromatic heterocycles. The number of sulfone groups is 1. The van der Waals surface area contributed by atoms with Crippen molar-refractivity contribution in [2.24, 2.45) is 5.41 Å². The molecule has 1 saturated carbocycles. The van der Waals surface area contributed by atoms with Crippen molar-refractivity contribution in [3.05, 3.63) is 77.3 Å². The van der Waals surface area contributed by atoms with Crippen molar-refractivity contribution in [2.45, 2.75) is 62.7 Å². The highest BCUT2D eigenvalue weighted by atomic mass is 32.2. The number of hydrogen-bond donors (Lipinski definition) is 1. The summed E-state index contributed by atoms with van der Waals surface area (Å²) >= 11 is 0. The Morgan fingerprint density at radius 2 is 1.89 bits per heavy atom. The third kappa shape index (κ3) is 4.25. The van der Waals surface area contributed by atoms with Gasteiger partial charge in [0.15, 0.2) is 15.7 Å². The van der Waals surface area contributed by atoms with Crippen LogP contribution in [-0.2, 0) is 25.5 Å². The molecule has 2 fully saturated rings. The van der Waals surface area contributed by atoms with E-state index in [-0.39, 0.29) is 52.3 Å². The fraction of sp³-hybridized carbons (Fsp3) is 0.433. The molecule has 3 atom stereocenters. The average molecular weight is 622 g/mol. The van der Waals surface area contributed by atoms with Crippen molar-refractivity contribution in [1.29, 1.82) is 0 Å². The fourth-order valence-electron chi connectivity index (χ4n) is 7.74. The summed E-state index contributed by atoms with van der Waals surface area (Å²) in [6, 6.07) is 7.28. The van der Waals surface area contributed by atoms with Gasteiger partial charge in [-0.15, -0.1) is 10.2 Å². The van der Waals surface area contributed by atoms with Crippen LogP contribution in [0, 0.1) is 17.0 Å². The van der Waals surface area contributed by atoms with Crippen LogP contribution in [-0.4, -0.2) is 65.9 Å². The molecule has 1 N–H and O–H groups in total. The number of aliphatic carboxylic acids is 1. The molecule has 4 aromatic rings. The monoisotopic (exact) mass is 621 g/mol. The average Bonchev–Trinajstić information content (AvgIpc) is 3.58. The van der Waals surface area contributed by atoms with Crippen LogP contribution in [0.15, 0.2) is 42.9 Å². The van der Waals surface area contributed by atoms with E-state index in [9.17, 15) is 27.1 Å². The van der Waals surface area contributed by atoms with Crippen molar-refractivity contribution in [1.82, 2.24) is 34.9 Å². The summed E-state index contributed by atoms with van der Waals surface area (Å²) in [5.41, 5.74) is -0.0309. The van der Waals surface area contributed by atoms with E-state index in [4.69, 9.17) is 4.98 Å². The molecule has 0 radical (unpaired) electrons. The van der Waals surface area contributed by atoms with Crippen molar-refractivity contribution >= 4 is 15.8 Å². The second-order valence-corrected chi connectivity index (χ2v) is 15.0. The Balaban J connectivity index is 1.31. The molecule has 1 aromatic carbocycles. The van der Waals surface area contributed by atoms with E-state index in [1.807, 2.05) is 6.07 Å². The van der Waals surface area contributed by atoms with Gasteiger partial charge in [0.2, 0.25) is 0 Å². The Morgan fingerprint density at radius 1 is 1.11 bits per heavy atom. The predicted octanol–water partition coefficient (Wildman–Crippen LogP) is 3.92. The van der Waals surface area contributed by atoms with Crippen LogP contribution in [0.4, 0.5) is 8.78 Å². The zero-order chi connectivity index (χ0) is 31.1. The smallest absolute Gasteiger partial charge is 0.304 e. The minimum absolute atomic E-state index is 0.110. The van der Waals surface area contributed by atoms with Gasteiger partial charge in [-0.3, -0.25) is 4.79 Å². The maximum Gasteiger partial charge on any atom is 0.304 e. The Bertz CT molecular complexity index is 1930. The van der Waals surface area contributed by atoms with Gasteiger partial charge in [0.25, 0.3) is 5.95 Å². The minimum atomic E-state index is -3.44. The van der Waals surface area contributed by atoms with Gasteiger partial charge in [0, 0.05) is 6.20 Å². The molecule has 0 amide bonds. The Hall–Kier alpha value is -4.20. The quantitative estimate of drug-likeness (QED) is 0.335. The SMILES string of the molecule is CC1(C)C[C@H]2CC[C@]1(c1ccnc(-n3cnc(C4(CC(=O)O)CCS(=O)(=O)C4)n3)n1)c1nnc(-c3c(F)cccc3F)cc12. The van der Waals surface area contributed by atoms with Crippen molar-refractivity contribution < 1.29 is 27.1 Å². The maximum absolute atomic E-state index is 14.7. The Morgan fingerprint density at radius 3 is 2.57 bits per heavy atom. The fourth-order valence-corrected chi connectivity index (χ4v) is 9.80. The zero-order valence-corrected chi connectivity index (χ0v) is 24.9. The number of carboxylic acid groups (broad SMARTS) is 1. The maximum atomic E-state index is 14.7. The number of nitrogens with zero attached hydrogens (tertiary/aromatic N) is 7. The number of aromatic nitrogens is 7. The molecule has 8 rings (SSSR count). The molecule has 1 unspecified atom stereocenters. The first kappa shape index (κ1) is 28.6. The molecular formula is C30H29F2N7O4S. The number of carbonyl (C=O) groups is 1. The standard InChI is InChI=1S/C30H29F2N7O4S/c1-28(2)13-17-6-8-30(28,25-18(17)12-21(36-37-25)24-19(31)4-3-5-20(24)32)22-7-10-33-27(35-22)39-16-34-26(38-39)29(14-23(40)41)9-11-44(42,43)15-29/h3-5,7,10,12,16-17H,6,8-9,11,13-15H2,1-2H3,(H,40,41)/t17-,29?,30+/m1/s1. The third-order valence-corrected chi connectivity index (χ3v) is 11.6. The molecule has 0 spiro atoms. The van der Waals surface area contributed by atoms with E-state index in [0.29, 0.717) is 11.4 Å². The van der Waals surface area contributed by atoms with Crippen LogP contribution < -0.4 is 0 Å². The molecule has 228 valence electrons. The molecule has 3 aliphatic carbocycles. The van der Waals surface area contributed by atoms with Gasteiger partial charge in [-0.2, -0.15) is 9.78 Å². The van der Waals surface area contributed by atoms with E-state index in [2.05, 4.69) is 39.1 Å². The van der Waals surface area contributed by atoms with Gasteiger partial charge in [-0.05, 0) is 66.8 Å². The summed E-state index contributed by atoms with van der Waals surface area (Å²) in [6.45, 7) is 4.31. The Kier molecular flexibility index (Phi) is 6.26. The summed E-state index contributed by atoms with van der Waals surface area (Å²) in [6.07, 6.45) is 5.01. The second-order valence-electron chi connectivity index (χ2n) is 12.8. The molecule has 1 aliphatic heterocycles. The topological polar surface area (TPSA) is 154 Å². The predicted molar refractivity (Wildman–Crippen MR) is 153 cm³/mol. The van der Waals surface area contributed by atoms with Gasteiger partial charge >= 0.3 is 5.97 Å². The first-order valence-electron chi connectivity index (χ1n) is 14.3. The van der Waals surface area contributed by atoms with E-state index >= 15 is 0 Å². The number of fused-ring (bicyclic) bond motifs is 2. The van der Waals surface area contributed by atoms with Crippen LogP contribution in [0.1, 0.15) is 74.6 Å². The third-order valence-electron chi connectivity index (χ3n) is 9.79. The molecule has 4 aliphatic rings. The first-order valence-corrected chi connectivity index (χ1v) is 16.2. The van der Waals surface area contributed by atoms with Crippen LogP contribution in [0.25, 0.3) is 17.2 Å². The lowest BCUT2D eigenvalue weighted by Crippen LogP contribution is -2.53. The number of halogens is 2. The van der Waals surface area contributed by atoms with E-state index in [1.165, 1.54) is 29.2 Å². The molecule has 11 nitrogen and oxygen atoms in total. The molecule has 2 bridgehead atoms. The number of carboxylic acids is 1. The lowest BCUT2D eigenvalue weighted by Gasteiger charge is -2.56. The highest BCUT2D eigenvalue weighted by Gasteiger charge is 2.59. The highest BCUT2D eigenvalue weighted by molar-refractivity contribution is 7.91. The van der Waals surface area contributed by atoms with Crippen LogP contribution in [0.5, 0.6) is 0 Å². The van der Waals surface area contributed by atoms with Gasteiger partial charge in [0.05, 0.1) is 51.4 Å². The van der Waals surface area contributed by atoms with Crippen molar-refractivity contribution in [3.63, 3.8) is 0 Å². The van der Waals surface area contributed by atoms with E-state index < -0.39 is 44.7 Å². The van der Waals surface area contributed by atoms with Crippen LogP contribution in [0.2, 0.25) is 0 Å². The molecule has 1 saturated heterocycles. The van der Waals surface area contributed by atoms with Crippen LogP contribution in [0.3, 0.4) is 0 Å². The number of rotatable bonds is 6. The zero-order valence-electron chi connectivity index (χ0n) is 24.0. The van der Waals surface area contributed by atoms with Crippen LogP contribution >= 0.6 is 0 Å².